The van der Waals surface area contributed by atoms with Gasteiger partial charge in [0.05, 0.1) is 12.2 Å². The van der Waals surface area contributed by atoms with E-state index in [1.54, 1.807) is 13.8 Å². The molecule has 0 saturated heterocycles. The molecule has 0 aliphatic heterocycles. The molecule has 0 rings (SSSR count). The maximum absolute atomic E-state index is 8.74. The van der Waals surface area contributed by atoms with E-state index in [1.165, 1.54) is 0 Å². The topological polar surface area (TPSA) is 139 Å². The van der Waals surface area contributed by atoms with E-state index in [4.69, 9.17) is 27.7 Å². The molecule has 0 aliphatic rings. The molecule has 8 nitrogen and oxygen atoms in total. The summed E-state index contributed by atoms with van der Waals surface area (Å²) in [5.41, 5.74) is 0. The Kier molecular flexibility index (Phi) is 17.8. The summed E-state index contributed by atoms with van der Waals surface area (Å²) in [5.74, 6) is 0. The van der Waals surface area contributed by atoms with Crippen LogP contribution in [-0.4, -0.2) is 67.1 Å². The van der Waals surface area contributed by atoms with E-state index in [0.29, 0.717) is 13.1 Å². The molecule has 0 aromatic heterocycles. The summed E-state index contributed by atoms with van der Waals surface area (Å²) in [5, 5.41) is 22.6. The van der Waals surface area contributed by atoms with Gasteiger partial charge in [0.25, 0.3) is 0 Å². The molecule has 0 heterocycles. The van der Waals surface area contributed by atoms with Crippen LogP contribution in [0.15, 0.2) is 0 Å². The zero-order chi connectivity index (χ0) is 14.5. The number of aliphatic hydroxyl groups is 2. The average Bonchev–Trinajstić information content (AvgIpc) is 2.00. The Morgan fingerprint density at radius 3 is 1.12 bits per heavy atom. The molecule has 6 N–H and O–H groups in total. The minimum Gasteiger partial charge on any atom is -0.392 e. The number of nitrogens with one attached hydrogen (secondary N) is 2. The molecule has 0 bridgehead atoms. The number of rotatable bonds is 4. The molecule has 0 saturated carbocycles. The number of hydrogen-bond donors (Lipinski definition) is 6. The van der Waals surface area contributed by atoms with Crippen LogP contribution in [0.4, 0.5) is 0 Å². The van der Waals surface area contributed by atoms with Crippen molar-refractivity contribution in [2.75, 3.05) is 27.2 Å². The highest BCUT2D eigenvalue weighted by atomic mass is 32.3. The van der Waals surface area contributed by atoms with Gasteiger partial charge in [-0.05, 0) is 27.9 Å². The molecule has 0 spiro atoms. The SMILES string of the molecule is CNCC(C)O.CNCC(C)O.O=S(=O)(O)O. The lowest BCUT2D eigenvalue weighted by Crippen LogP contribution is -2.19. The average molecular weight is 276 g/mol. The largest absolute Gasteiger partial charge is 0.394 e. The van der Waals surface area contributed by atoms with Gasteiger partial charge in [0.1, 0.15) is 0 Å². The second-order valence-electron chi connectivity index (χ2n) is 3.26. The highest BCUT2D eigenvalue weighted by molar-refractivity contribution is 7.79. The van der Waals surface area contributed by atoms with Crippen LogP contribution in [-0.2, 0) is 10.4 Å². The lowest BCUT2D eigenvalue weighted by molar-refractivity contribution is 0.194. The number of aliphatic hydroxyl groups excluding tert-OH is 2. The monoisotopic (exact) mass is 276 g/mol. The van der Waals surface area contributed by atoms with E-state index in [1.807, 2.05) is 14.1 Å². The predicted octanol–water partition coefficient (Wildman–Crippen LogP) is -1.48. The van der Waals surface area contributed by atoms with Crippen LogP contribution in [0.1, 0.15) is 13.8 Å². The van der Waals surface area contributed by atoms with Gasteiger partial charge in [0.2, 0.25) is 0 Å². The Labute approximate surface area is 103 Å². The summed E-state index contributed by atoms with van der Waals surface area (Å²) in [4.78, 5) is 0. The summed E-state index contributed by atoms with van der Waals surface area (Å²) >= 11 is 0. The molecule has 0 aromatic rings. The molecule has 0 radical (unpaired) electrons. The van der Waals surface area contributed by atoms with Gasteiger partial charge >= 0.3 is 10.4 Å². The summed E-state index contributed by atoms with van der Waals surface area (Å²) in [6, 6.07) is 0. The van der Waals surface area contributed by atoms with Crippen molar-refractivity contribution in [1.82, 2.24) is 10.6 Å². The van der Waals surface area contributed by atoms with E-state index in [-0.39, 0.29) is 12.2 Å². The third kappa shape index (κ3) is 90.6. The highest BCUT2D eigenvalue weighted by Gasteiger charge is 1.86. The number of hydrogen-bond acceptors (Lipinski definition) is 6. The zero-order valence-electron chi connectivity index (χ0n) is 10.6. The van der Waals surface area contributed by atoms with Crippen molar-refractivity contribution < 1.29 is 27.7 Å². The highest BCUT2D eigenvalue weighted by Crippen LogP contribution is 1.69. The van der Waals surface area contributed by atoms with E-state index >= 15 is 0 Å². The van der Waals surface area contributed by atoms with Crippen molar-refractivity contribution in [2.24, 2.45) is 0 Å². The maximum atomic E-state index is 8.74. The predicted molar refractivity (Wildman–Crippen MR) is 65.4 cm³/mol. The van der Waals surface area contributed by atoms with Crippen LogP contribution < -0.4 is 10.6 Å². The van der Waals surface area contributed by atoms with Crippen molar-refractivity contribution in [3.63, 3.8) is 0 Å². The van der Waals surface area contributed by atoms with Crippen LogP contribution in [0.3, 0.4) is 0 Å². The van der Waals surface area contributed by atoms with Gasteiger partial charge in [-0.25, -0.2) is 0 Å². The fourth-order valence-corrected chi connectivity index (χ4v) is 0.591. The van der Waals surface area contributed by atoms with E-state index in [2.05, 4.69) is 10.6 Å². The molecule has 17 heavy (non-hydrogen) atoms. The van der Waals surface area contributed by atoms with Crippen molar-refractivity contribution >= 4 is 10.4 Å². The minimum absolute atomic E-state index is 0.213. The molecule has 0 aliphatic carbocycles. The van der Waals surface area contributed by atoms with Crippen LogP contribution >= 0.6 is 0 Å². The van der Waals surface area contributed by atoms with Gasteiger partial charge in [-0.15, -0.1) is 0 Å². The first kappa shape index (κ1) is 21.9. The van der Waals surface area contributed by atoms with Crippen molar-refractivity contribution in [1.29, 1.82) is 0 Å². The smallest absolute Gasteiger partial charge is 0.392 e. The van der Waals surface area contributed by atoms with Crippen molar-refractivity contribution in [3.8, 4) is 0 Å². The van der Waals surface area contributed by atoms with Crippen molar-refractivity contribution in [2.45, 2.75) is 26.1 Å². The van der Waals surface area contributed by atoms with E-state index in [0.717, 1.165) is 0 Å². The van der Waals surface area contributed by atoms with Crippen LogP contribution in [0.25, 0.3) is 0 Å². The molecule has 108 valence electrons. The first-order valence-corrected chi connectivity index (χ1v) is 6.29. The van der Waals surface area contributed by atoms with Gasteiger partial charge in [0.15, 0.2) is 0 Å². The second-order valence-corrected chi connectivity index (χ2v) is 4.16. The molecule has 9 heteroatoms. The molecule has 2 atom stereocenters. The van der Waals surface area contributed by atoms with Gasteiger partial charge in [-0.3, -0.25) is 9.11 Å². The lowest BCUT2D eigenvalue weighted by atomic mass is 10.4. The minimum atomic E-state index is -4.67. The molecule has 0 amide bonds. The molecular weight excluding hydrogens is 252 g/mol. The van der Waals surface area contributed by atoms with Gasteiger partial charge in [0, 0.05) is 13.1 Å². The maximum Gasteiger partial charge on any atom is 0.394 e. The van der Waals surface area contributed by atoms with Gasteiger partial charge < -0.3 is 20.8 Å². The normalized spacial score (nSPS) is 13.6. The third-order valence-electron chi connectivity index (χ3n) is 0.999. The lowest BCUT2D eigenvalue weighted by Gasteiger charge is -1.97. The first-order chi connectivity index (χ1) is 7.54. The summed E-state index contributed by atoms with van der Waals surface area (Å²) < 4.78 is 31.6. The van der Waals surface area contributed by atoms with Gasteiger partial charge in [-0.1, -0.05) is 0 Å². The summed E-state index contributed by atoms with van der Waals surface area (Å²) in [6.07, 6.45) is -0.426. The Morgan fingerprint density at radius 2 is 1.12 bits per heavy atom. The van der Waals surface area contributed by atoms with Crippen LogP contribution in [0.2, 0.25) is 0 Å². The van der Waals surface area contributed by atoms with E-state index in [9.17, 15) is 0 Å². The Balaban J connectivity index is -0.000000174. The fraction of sp³-hybridized carbons (Fsp3) is 1.00. The Hall–Kier alpha value is -0.290. The second kappa shape index (κ2) is 13.8. The van der Waals surface area contributed by atoms with E-state index < -0.39 is 10.4 Å². The molecule has 2 unspecified atom stereocenters. The first-order valence-electron chi connectivity index (χ1n) is 4.89. The summed E-state index contributed by atoms with van der Waals surface area (Å²) in [6.45, 7) is 4.85. The van der Waals surface area contributed by atoms with Gasteiger partial charge in [-0.2, -0.15) is 8.42 Å². The quantitative estimate of drug-likeness (QED) is 0.342. The zero-order valence-corrected chi connectivity index (χ0v) is 11.4. The molecular formula is C8H24N2O6S. The fourth-order valence-electron chi connectivity index (χ4n) is 0.591. The molecule has 0 aromatic carbocycles. The van der Waals surface area contributed by atoms with Crippen LogP contribution in [0.5, 0.6) is 0 Å². The van der Waals surface area contributed by atoms with Crippen LogP contribution in [0, 0.1) is 0 Å². The van der Waals surface area contributed by atoms with Crippen molar-refractivity contribution in [3.05, 3.63) is 0 Å². The molecule has 0 fully saturated rings. The standard InChI is InChI=1S/2C4H11NO.H2O4S/c2*1-4(6)3-5-2;1-5(2,3)4/h2*4-6H,3H2,1-2H3;(H2,1,2,3,4). The summed E-state index contributed by atoms with van der Waals surface area (Å²) in [7, 11) is -1.04. The Bertz CT molecular complexity index is 212. The third-order valence-corrected chi connectivity index (χ3v) is 0.999. The number of likely N-dealkylation sites (N-methyl/N-ethyl adjacent to an activating group) is 2. The Morgan fingerprint density at radius 1 is 0.941 bits per heavy atom.